The average Bonchev–Trinajstić information content (AvgIpc) is 3.41. The highest BCUT2D eigenvalue weighted by atomic mass is 16.5. The van der Waals surface area contributed by atoms with Crippen molar-refractivity contribution in [2.45, 2.75) is 26.4 Å². The fourth-order valence-corrected chi connectivity index (χ4v) is 3.60. The number of carbonyl (C=O) groups excluding carboxylic acids is 2. The van der Waals surface area contributed by atoms with Gasteiger partial charge in [-0.25, -0.2) is 0 Å². The molecule has 1 aromatic carbocycles. The van der Waals surface area contributed by atoms with Crippen LogP contribution in [-0.4, -0.2) is 33.3 Å². The van der Waals surface area contributed by atoms with Gasteiger partial charge in [0.2, 0.25) is 0 Å². The molecule has 3 heterocycles. The van der Waals surface area contributed by atoms with Gasteiger partial charge in [-0.1, -0.05) is 13.8 Å². The lowest BCUT2D eigenvalue weighted by molar-refractivity contribution is -0.140. The van der Waals surface area contributed by atoms with Gasteiger partial charge >= 0.3 is 0 Å². The number of aromatic nitrogens is 1. The van der Waals surface area contributed by atoms with Gasteiger partial charge in [0.15, 0.2) is 0 Å². The normalized spacial score (nSPS) is 17.8. The summed E-state index contributed by atoms with van der Waals surface area (Å²) in [6, 6.07) is 12.9. The predicted octanol–water partition coefficient (Wildman–Crippen LogP) is 4.33. The Morgan fingerprint density at radius 3 is 2.47 bits per heavy atom. The third kappa shape index (κ3) is 4.27. The zero-order valence-electron chi connectivity index (χ0n) is 17.9. The van der Waals surface area contributed by atoms with Gasteiger partial charge in [0.25, 0.3) is 11.7 Å². The van der Waals surface area contributed by atoms with Crippen LogP contribution in [0.25, 0.3) is 5.76 Å². The molecule has 7 heteroatoms. The van der Waals surface area contributed by atoms with E-state index >= 15 is 0 Å². The number of hydrogen-bond acceptors (Lipinski definition) is 6. The van der Waals surface area contributed by atoms with E-state index < -0.39 is 17.7 Å². The van der Waals surface area contributed by atoms with Crippen LogP contribution in [0.4, 0.5) is 0 Å². The monoisotopic (exact) mass is 432 g/mol. The summed E-state index contributed by atoms with van der Waals surface area (Å²) in [6.07, 6.45) is 4.72. The van der Waals surface area contributed by atoms with Gasteiger partial charge in [0.05, 0.1) is 18.4 Å². The number of likely N-dealkylation sites (tertiary alicyclic amines) is 1. The number of benzene rings is 1. The van der Waals surface area contributed by atoms with Crippen molar-refractivity contribution in [3.8, 4) is 5.75 Å². The third-order valence-corrected chi connectivity index (χ3v) is 5.17. The Bertz CT molecular complexity index is 1120. The first-order chi connectivity index (χ1) is 15.5. The summed E-state index contributed by atoms with van der Waals surface area (Å²) in [5, 5.41) is 11.1. The molecule has 1 unspecified atom stereocenters. The summed E-state index contributed by atoms with van der Waals surface area (Å²) < 4.78 is 11.2. The molecular weight excluding hydrogens is 408 g/mol. The molecule has 1 aliphatic heterocycles. The lowest BCUT2D eigenvalue weighted by Crippen LogP contribution is -2.29. The van der Waals surface area contributed by atoms with E-state index in [-0.39, 0.29) is 17.9 Å². The van der Waals surface area contributed by atoms with Crippen molar-refractivity contribution in [2.75, 3.05) is 6.61 Å². The molecular formula is C25H24N2O5. The number of ketones is 1. The Labute approximate surface area is 186 Å². The van der Waals surface area contributed by atoms with Crippen LogP contribution in [0, 0.1) is 5.92 Å². The predicted molar refractivity (Wildman–Crippen MR) is 118 cm³/mol. The number of amides is 1. The summed E-state index contributed by atoms with van der Waals surface area (Å²) >= 11 is 0. The number of aliphatic hydroxyl groups excluding tert-OH is 1. The lowest BCUT2D eigenvalue weighted by Gasteiger charge is -2.23. The molecule has 4 rings (SSSR count). The number of ether oxygens (including phenoxy) is 1. The average molecular weight is 432 g/mol. The molecule has 1 fully saturated rings. The maximum absolute atomic E-state index is 13.0. The summed E-state index contributed by atoms with van der Waals surface area (Å²) in [4.78, 5) is 31.3. The van der Waals surface area contributed by atoms with E-state index in [0.717, 1.165) is 5.56 Å². The van der Waals surface area contributed by atoms with Crippen LogP contribution in [0.5, 0.6) is 5.75 Å². The smallest absolute Gasteiger partial charge is 0.296 e. The molecule has 164 valence electrons. The second-order valence-electron chi connectivity index (χ2n) is 8.03. The number of rotatable bonds is 7. The number of Topliss-reactive ketones (excluding diaryl/α,β-unsaturated/α-hetero) is 1. The Hall–Kier alpha value is -3.87. The van der Waals surface area contributed by atoms with E-state index in [1.54, 1.807) is 60.9 Å². The number of nitrogens with zero attached hydrogens (tertiary/aromatic N) is 2. The van der Waals surface area contributed by atoms with E-state index in [0.29, 0.717) is 29.6 Å². The first kappa shape index (κ1) is 21.4. The number of aliphatic hydroxyl groups is 1. The van der Waals surface area contributed by atoms with Gasteiger partial charge in [0, 0.05) is 24.5 Å². The summed E-state index contributed by atoms with van der Waals surface area (Å²) in [5.41, 5.74) is 1.22. The molecule has 7 nitrogen and oxygen atoms in total. The van der Waals surface area contributed by atoms with Crippen LogP contribution in [0.2, 0.25) is 0 Å². The highest BCUT2D eigenvalue weighted by molar-refractivity contribution is 6.46. The first-order valence-electron chi connectivity index (χ1n) is 10.4. The standard InChI is InChI=1S/C25H24N2O5/c1-16(2)15-32-19-7-5-18(6-8-19)23(28)21-22(20-4-3-13-31-20)27(25(30)24(21)29)14-17-9-11-26-12-10-17/h3-13,16,22,28H,14-15H2,1-2H3/b23-21-. The number of carbonyl (C=O) groups is 2. The van der Waals surface area contributed by atoms with Crippen molar-refractivity contribution in [1.29, 1.82) is 0 Å². The van der Waals surface area contributed by atoms with Crippen molar-refractivity contribution in [3.63, 3.8) is 0 Å². The van der Waals surface area contributed by atoms with Gasteiger partial charge in [-0.2, -0.15) is 0 Å². The number of hydrogen-bond donors (Lipinski definition) is 1. The first-order valence-corrected chi connectivity index (χ1v) is 10.4. The van der Waals surface area contributed by atoms with E-state index in [2.05, 4.69) is 18.8 Å². The molecule has 1 amide bonds. The molecule has 0 spiro atoms. The molecule has 1 saturated heterocycles. The molecule has 0 saturated carbocycles. The van der Waals surface area contributed by atoms with Gasteiger partial charge in [-0.3, -0.25) is 14.6 Å². The van der Waals surface area contributed by atoms with Crippen molar-refractivity contribution < 1.29 is 23.8 Å². The van der Waals surface area contributed by atoms with Crippen LogP contribution in [0.3, 0.4) is 0 Å². The minimum atomic E-state index is -0.838. The van der Waals surface area contributed by atoms with E-state index in [4.69, 9.17) is 9.15 Å². The number of furan rings is 1. The topological polar surface area (TPSA) is 92.9 Å². The van der Waals surface area contributed by atoms with Crippen LogP contribution in [0.1, 0.15) is 36.8 Å². The van der Waals surface area contributed by atoms with Gasteiger partial charge in [-0.05, 0) is 60.0 Å². The Morgan fingerprint density at radius 1 is 1.12 bits per heavy atom. The molecule has 32 heavy (non-hydrogen) atoms. The zero-order valence-corrected chi connectivity index (χ0v) is 17.9. The Balaban J connectivity index is 1.71. The van der Waals surface area contributed by atoms with Crippen molar-refractivity contribution >= 4 is 17.4 Å². The van der Waals surface area contributed by atoms with Crippen LogP contribution < -0.4 is 4.74 Å². The summed E-state index contributed by atoms with van der Waals surface area (Å²) in [7, 11) is 0. The molecule has 2 aromatic heterocycles. The Kier molecular flexibility index (Phi) is 6.07. The maximum atomic E-state index is 13.0. The molecule has 1 atom stereocenters. The SMILES string of the molecule is CC(C)COc1ccc(/C(O)=C2/C(=O)C(=O)N(Cc3ccncc3)C2c2ccco2)cc1. The fourth-order valence-electron chi connectivity index (χ4n) is 3.60. The van der Waals surface area contributed by atoms with E-state index in [1.807, 2.05) is 0 Å². The third-order valence-electron chi connectivity index (χ3n) is 5.17. The van der Waals surface area contributed by atoms with Crippen molar-refractivity contribution in [1.82, 2.24) is 9.88 Å². The minimum Gasteiger partial charge on any atom is -0.507 e. The van der Waals surface area contributed by atoms with Gasteiger partial charge in [0.1, 0.15) is 23.3 Å². The highest BCUT2D eigenvalue weighted by Crippen LogP contribution is 2.40. The highest BCUT2D eigenvalue weighted by Gasteiger charge is 2.47. The lowest BCUT2D eigenvalue weighted by atomic mass is 9.99. The van der Waals surface area contributed by atoms with Crippen LogP contribution >= 0.6 is 0 Å². The molecule has 1 aliphatic rings. The maximum Gasteiger partial charge on any atom is 0.296 e. The van der Waals surface area contributed by atoms with Gasteiger partial charge in [-0.15, -0.1) is 0 Å². The van der Waals surface area contributed by atoms with Crippen molar-refractivity contribution in [2.24, 2.45) is 5.92 Å². The summed E-state index contributed by atoms with van der Waals surface area (Å²) in [5.74, 6) is -0.252. The second-order valence-corrected chi connectivity index (χ2v) is 8.03. The zero-order chi connectivity index (χ0) is 22.7. The molecule has 0 bridgehead atoms. The molecule has 0 aliphatic carbocycles. The molecule has 0 radical (unpaired) electrons. The molecule has 3 aromatic rings. The van der Waals surface area contributed by atoms with Crippen molar-refractivity contribution in [3.05, 3.63) is 89.6 Å². The largest absolute Gasteiger partial charge is 0.507 e. The van der Waals surface area contributed by atoms with Crippen LogP contribution in [0.15, 0.2) is 77.2 Å². The quantitative estimate of drug-likeness (QED) is 0.339. The van der Waals surface area contributed by atoms with E-state index in [1.165, 1.54) is 11.2 Å². The fraction of sp³-hybridized carbons (Fsp3) is 0.240. The Morgan fingerprint density at radius 2 is 1.84 bits per heavy atom. The molecule has 1 N–H and O–H groups in total. The minimum absolute atomic E-state index is 0.00476. The van der Waals surface area contributed by atoms with Gasteiger partial charge < -0.3 is 19.2 Å². The second kappa shape index (κ2) is 9.09. The van der Waals surface area contributed by atoms with E-state index in [9.17, 15) is 14.7 Å². The van der Waals surface area contributed by atoms with Crippen LogP contribution in [-0.2, 0) is 16.1 Å². The number of pyridine rings is 1. The summed E-state index contributed by atoms with van der Waals surface area (Å²) in [6.45, 7) is 4.86.